The smallest absolute Gasteiger partial charge is 0.255 e. The molecular weight excluding hydrogens is 430 g/mol. The third-order valence-corrected chi connectivity index (χ3v) is 6.74. The van der Waals surface area contributed by atoms with Crippen LogP contribution in [-0.4, -0.2) is 55.0 Å². The van der Waals surface area contributed by atoms with Crippen molar-refractivity contribution in [3.8, 4) is 11.5 Å². The van der Waals surface area contributed by atoms with E-state index >= 15 is 0 Å². The van der Waals surface area contributed by atoms with Gasteiger partial charge >= 0.3 is 0 Å². The van der Waals surface area contributed by atoms with E-state index in [-0.39, 0.29) is 17.7 Å². The van der Waals surface area contributed by atoms with Crippen LogP contribution in [-0.2, 0) is 4.79 Å². The number of hydrogen-bond donors (Lipinski definition) is 2. The molecule has 1 aromatic heterocycles. The molecule has 2 N–H and O–H groups in total. The first kappa shape index (κ1) is 23.7. The number of hydrogen-bond acceptors (Lipinski definition) is 4. The number of fused-ring (bicyclic) bond motifs is 1. The molecule has 1 unspecified atom stereocenters. The van der Waals surface area contributed by atoms with Crippen LogP contribution < -0.4 is 14.8 Å². The van der Waals surface area contributed by atoms with E-state index in [0.717, 1.165) is 24.1 Å². The summed E-state index contributed by atoms with van der Waals surface area (Å²) in [7, 11) is 3.21. The van der Waals surface area contributed by atoms with Gasteiger partial charge in [-0.25, -0.2) is 0 Å². The molecular formula is C27H33N3O4. The lowest BCUT2D eigenvalue weighted by molar-refractivity contribution is -0.135. The summed E-state index contributed by atoms with van der Waals surface area (Å²) in [5.41, 5.74) is 2.79. The van der Waals surface area contributed by atoms with Gasteiger partial charge in [0, 0.05) is 30.2 Å². The minimum Gasteiger partial charge on any atom is -0.497 e. The molecule has 0 radical (unpaired) electrons. The van der Waals surface area contributed by atoms with Gasteiger partial charge in [0.05, 0.1) is 19.8 Å². The lowest BCUT2D eigenvalue weighted by Crippen LogP contribution is -2.52. The number of aromatic nitrogens is 1. The maximum atomic E-state index is 13.4. The van der Waals surface area contributed by atoms with E-state index in [1.54, 1.807) is 25.3 Å². The van der Waals surface area contributed by atoms with Crippen molar-refractivity contribution in [2.24, 2.45) is 5.92 Å². The Morgan fingerprint density at radius 1 is 1.06 bits per heavy atom. The first-order valence-electron chi connectivity index (χ1n) is 11.8. The molecule has 2 heterocycles. The number of H-pyrrole nitrogens is 1. The van der Waals surface area contributed by atoms with Crippen LogP contribution in [0.2, 0.25) is 0 Å². The Morgan fingerprint density at radius 2 is 1.79 bits per heavy atom. The molecule has 0 saturated carbocycles. The fourth-order valence-electron chi connectivity index (χ4n) is 4.76. The number of methoxy groups -OCH3 is 2. The zero-order valence-corrected chi connectivity index (χ0v) is 20.3. The summed E-state index contributed by atoms with van der Waals surface area (Å²) in [6.45, 7) is 5.23. The summed E-state index contributed by atoms with van der Waals surface area (Å²) in [6.07, 6.45) is 3.83. The van der Waals surface area contributed by atoms with Gasteiger partial charge in [-0.1, -0.05) is 26.0 Å². The van der Waals surface area contributed by atoms with E-state index in [1.807, 2.05) is 36.9 Å². The Hall–Kier alpha value is -3.48. The van der Waals surface area contributed by atoms with Gasteiger partial charge in [0.2, 0.25) is 5.91 Å². The van der Waals surface area contributed by atoms with Crippen molar-refractivity contribution in [1.82, 2.24) is 15.2 Å². The molecule has 4 rings (SSSR count). The minimum atomic E-state index is -0.591. The van der Waals surface area contributed by atoms with Crippen LogP contribution in [0.1, 0.15) is 48.5 Å². The van der Waals surface area contributed by atoms with Crippen molar-refractivity contribution in [1.29, 1.82) is 0 Å². The van der Waals surface area contributed by atoms with Crippen LogP contribution in [0.15, 0.2) is 48.7 Å². The van der Waals surface area contributed by atoms with Gasteiger partial charge < -0.3 is 24.7 Å². The number of para-hydroxylation sites is 1. The summed E-state index contributed by atoms with van der Waals surface area (Å²) < 4.78 is 10.7. The fraction of sp³-hybridized carbons (Fsp3) is 0.407. The Labute approximate surface area is 200 Å². The predicted octanol–water partition coefficient (Wildman–Crippen LogP) is 4.35. The fourth-order valence-corrected chi connectivity index (χ4v) is 4.76. The molecule has 2 amide bonds. The van der Waals surface area contributed by atoms with Gasteiger partial charge in [-0.3, -0.25) is 9.59 Å². The molecule has 0 aliphatic carbocycles. The topological polar surface area (TPSA) is 83.7 Å². The second-order valence-electron chi connectivity index (χ2n) is 9.15. The van der Waals surface area contributed by atoms with Crippen LogP contribution in [0.3, 0.4) is 0 Å². The van der Waals surface area contributed by atoms with Crippen LogP contribution in [0, 0.1) is 5.92 Å². The van der Waals surface area contributed by atoms with E-state index in [1.165, 1.54) is 18.1 Å². The van der Waals surface area contributed by atoms with Crippen molar-refractivity contribution < 1.29 is 19.1 Å². The van der Waals surface area contributed by atoms with Crippen LogP contribution in [0.25, 0.3) is 10.9 Å². The molecule has 0 bridgehead atoms. The molecule has 180 valence electrons. The van der Waals surface area contributed by atoms with E-state index < -0.39 is 6.04 Å². The van der Waals surface area contributed by atoms with Gasteiger partial charge in [0.15, 0.2) is 0 Å². The second kappa shape index (κ2) is 10.2. The summed E-state index contributed by atoms with van der Waals surface area (Å²) in [5.74, 6) is 1.33. The SMILES string of the molecule is COc1ccc2[nH]cc(C3CCN(C(=O)C(NC(=O)c4ccccc4OC)C(C)C)CC3)c2c1. The number of likely N-dealkylation sites (tertiary alicyclic amines) is 1. The van der Waals surface area contributed by atoms with E-state index in [9.17, 15) is 9.59 Å². The molecule has 34 heavy (non-hydrogen) atoms. The Balaban J connectivity index is 1.43. The van der Waals surface area contributed by atoms with E-state index in [0.29, 0.717) is 30.3 Å². The number of benzene rings is 2. The molecule has 7 nitrogen and oxygen atoms in total. The van der Waals surface area contributed by atoms with Gasteiger partial charge in [-0.05, 0) is 60.6 Å². The number of rotatable bonds is 7. The first-order valence-corrected chi connectivity index (χ1v) is 11.8. The molecule has 1 saturated heterocycles. The lowest BCUT2D eigenvalue weighted by Gasteiger charge is -2.35. The Kier molecular flexibility index (Phi) is 7.10. The molecule has 1 aliphatic rings. The Morgan fingerprint density at radius 3 is 2.47 bits per heavy atom. The van der Waals surface area contributed by atoms with Crippen molar-refractivity contribution in [3.63, 3.8) is 0 Å². The highest BCUT2D eigenvalue weighted by molar-refractivity contribution is 5.99. The molecule has 1 atom stereocenters. The first-order chi connectivity index (χ1) is 16.4. The van der Waals surface area contributed by atoms with Gasteiger partial charge in [-0.15, -0.1) is 0 Å². The summed E-state index contributed by atoms with van der Waals surface area (Å²) >= 11 is 0. The monoisotopic (exact) mass is 463 g/mol. The largest absolute Gasteiger partial charge is 0.497 e. The van der Waals surface area contributed by atoms with Gasteiger partial charge in [-0.2, -0.15) is 0 Å². The summed E-state index contributed by atoms with van der Waals surface area (Å²) in [4.78, 5) is 31.6. The standard InChI is InChI=1S/C27H33N3O4/c1-17(2)25(29-26(31)20-7-5-6-8-24(20)34-4)27(32)30-13-11-18(12-14-30)22-16-28-23-10-9-19(33-3)15-21(22)23/h5-10,15-18,25,28H,11-14H2,1-4H3,(H,29,31). The number of nitrogens with one attached hydrogen (secondary N) is 2. The second-order valence-corrected chi connectivity index (χ2v) is 9.15. The van der Waals surface area contributed by atoms with E-state index in [4.69, 9.17) is 9.47 Å². The highest BCUT2D eigenvalue weighted by atomic mass is 16.5. The number of ether oxygens (including phenoxy) is 2. The van der Waals surface area contributed by atoms with Crippen molar-refractivity contribution in [2.75, 3.05) is 27.3 Å². The maximum Gasteiger partial charge on any atom is 0.255 e. The average Bonchev–Trinajstić information content (AvgIpc) is 3.29. The van der Waals surface area contributed by atoms with Crippen LogP contribution >= 0.6 is 0 Å². The van der Waals surface area contributed by atoms with Gasteiger partial charge in [0.25, 0.3) is 5.91 Å². The molecule has 2 aromatic carbocycles. The number of amides is 2. The highest BCUT2D eigenvalue weighted by Crippen LogP contribution is 2.35. The molecule has 7 heteroatoms. The summed E-state index contributed by atoms with van der Waals surface area (Å²) in [5, 5.41) is 4.13. The van der Waals surface area contributed by atoms with Crippen LogP contribution in [0.4, 0.5) is 0 Å². The summed E-state index contributed by atoms with van der Waals surface area (Å²) in [6, 6.07) is 12.5. The number of nitrogens with zero attached hydrogens (tertiary/aromatic N) is 1. The van der Waals surface area contributed by atoms with Crippen molar-refractivity contribution in [2.45, 2.75) is 38.6 Å². The third kappa shape index (κ3) is 4.74. The van der Waals surface area contributed by atoms with E-state index in [2.05, 4.69) is 22.6 Å². The number of aromatic amines is 1. The third-order valence-electron chi connectivity index (χ3n) is 6.74. The van der Waals surface area contributed by atoms with Gasteiger partial charge in [0.1, 0.15) is 17.5 Å². The quantitative estimate of drug-likeness (QED) is 0.546. The maximum absolute atomic E-state index is 13.4. The van der Waals surface area contributed by atoms with Crippen molar-refractivity contribution >= 4 is 22.7 Å². The minimum absolute atomic E-state index is 0.0303. The number of carbonyl (C=O) groups excluding carboxylic acids is 2. The number of carbonyl (C=O) groups is 2. The Bertz CT molecular complexity index is 1160. The zero-order valence-electron chi connectivity index (χ0n) is 20.3. The molecule has 3 aromatic rings. The normalized spacial score (nSPS) is 15.4. The zero-order chi connectivity index (χ0) is 24.2. The number of piperidine rings is 1. The predicted molar refractivity (Wildman–Crippen MR) is 132 cm³/mol. The lowest BCUT2D eigenvalue weighted by atomic mass is 9.88. The molecule has 1 fully saturated rings. The van der Waals surface area contributed by atoms with Crippen molar-refractivity contribution in [3.05, 3.63) is 59.8 Å². The highest BCUT2D eigenvalue weighted by Gasteiger charge is 2.32. The molecule has 1 aliphatic heterocycles. The van der Waals surface area contributed by atoms with Crippen LogP contribution in [0.5, 0.6) is 11.5 Å². The average molecular weight is 464 g/mol. The molecule has 0 spiro atoms.